The van der Waals surface area contributed by atoms with Crippen LogP contribution in [0.4, 0.5) is 4.39 Å². The molecular weight excluding hydrogens is 454 g/mol. The maximum Gasteiger partial charge on any atom is 0.271 e. The van der Waals surface area contributed by atoms with Crippen LogP contribution in [0.5, 0.6) is 5.75 Å². The number of carbonyl (C=O) groups is 1. The van der Waals surface area contributed by atoms with Crippen LogP contribution in [0.25, 0.3) is 0 Å². The zero-order valence-electron chi connectivity index (χ0n) is 10.5. The summed E-state index contributed by atoms with van der Waals surface area (Å²) in [7, 11) is 0. The van der Waals surface area contributed by atoms with Crippen LogP contribution >= 0.6 is 38.5 Å². The lowest BCUT2D eigenvalue weighted by atomic mass is 10.2. The number of phenolic OH excluding ortho intramolecular Hbond substituents is 1. The summed E-state index contributed by atoms with van der Waals surface area (Å²) in [6.45, 7) is 0. The van der Waals surface area contributed by atoms with Gasteiger partial charge in [0, 0.05) is 5.56 Å². The predicted octanol–water partition coefficient (Wildman–Crippen LogP) is 3.66. The topological polar surface area (TPSA) is 61.7 Å². The molecule has 2 aromatic rings. The van der Waals surface area contributed by atoms with Gasteiger partial charge in [0.15, 0.2) is 0 Å². The summed E-state index contributed by atoms with van der Waals surface area (Å²) < 4.78 is 14.2. The van der Waals surface area contributed by atoms with Crippen molar-refractivity contribution in [3.8, 4) is 5.75 Å². The minimum atomic E-state index is -0.502. The summed E-state index contributed by atoms with van der Waals surface area (Å²) in [5, 5.41) is 13.4. The van der Waals surface area contributed by atoms with Crippen molar-refractivity contribution in [2.75, 3.05) is 0 Å². The van der Waals surface area contributed by atoms with E-state index in [1.165, 1.54) is 24.4 Å². The molecule has 0 saturated heterocycles. The number of rotatable bonds is 3. The van der Waals surface area contributed by atoms with Gasteiger partial charge in [-0.05, 0) is 74.4 Å². The number of nitrogens with one attached hydrogen (secondary N) is 1. The van der Waals surface area contributed by atoms with Crippen molar-refractivity contribution < 1.29 is 14.3 Å². The molecule has 0 spiro atoms. The number of benzene rings is 2. The van der Waals surface area contributed by atoms with Crippen LogP contribution < -0.4 is 5.43 Å². The Morgan fingerprint density at radius 3 is 2.81 bits per heavy atom. The highest BCUT2D eigenvalue weighted by Crippen LogP contribution is 2.29. The Hall–Kier alpha value is -1.48. The Balaban J connectivity index is 2.07. The van der Waals surface area contributed by atoms with E-state index in [0.29, 0.717) is 13.6 Å². The van der Waals surface area contributed by atoms with Gasteiger partial charge in [0.05, 0.1) is 14.3 Å². The molecule has 2 N–H and O–H groups in total. The van der Waals surface area contributed by atoms with Gasteiger partial charge in [-0.15, -0.1) is 0 Å². The maximum atomic E-state index is 13.0. The number of hydrogen-bond acceptors (Lipinski definition) is 3. The van der Waals surface area contributed by atoms with Crippen LogP contribution in [0.1, 0.15) is 15.9 Å². The quantitative estimate of drug-likeness (QED) is 0.415. The third-order valence-corrected chi connectivity index (χ3v) is 3.93. The smallest absolute Gasteiger partial charge is 0.271 e. The average molecular weight is 463 g/mol. The third kappa shape index (κ3) is 4.24. The summed E-state index contributed by atoms with van der Waals surface area (Å²) >= 11 is 5.20. The normalized spacial score (nSPS) is 10.8. The Kier molecular flexibility index (Phi) is 5.29. The van der Waals surface area contributed by atoms with E-state index in [2.05, 4.69) is 26.5 Å². The fourth-order valence-corrected chi connectivity index (χ4v) is 3.02. The van der Waals surface area contributed by atoms with Crippen molar-refractivity contribution in [1.82, 2.24) is 5.43 Å². The van der Waals surface area contributed by atoms with Gasteiger partial charge in [-0.3, -0.25) is 4.79 Å². The maximum absolute atomic E-state index is 13.0. The fourth-order valence-electron chi connectivity index (χ4n) is 1.52. The molecule has 7 heteroatoms. The molecule has 0 heterocycles. The van der Waals surface area contributed by atoms with Gasteiger partial charge >= 0.3 is 0 Å². The molecule has 0 aliphatic heterocycles. The highest BCUT2D eigenvalue weighted by Gasteiger charge is 2.06. The molecule has 0 aliphatic carbocycles. The zero-order valence-corrected chi connectivity index (χ0v) is 14.2. The second kappa shape index (κ2) is 6.99. The molecule has 0 unspecified atom stereocenters. The van der Waals surface area contributed by atoms with Crippen LogP contribution in [0.15, 0.2) is 46.0 Å². The third-order valence-electron chi connectivity index (χ3n) is 2.51. The van der Waals surface area contributed by atoms with E-state index in [1.54, 1.807) is 12.1 Å². The Morgan fingerprint density at radius 1 is 1.38 bits per heavy atom. The highest BCUT2D eigenvalue weighted by atomic mass is 127. The number of carbonyl (C=O) groups excluding carboxylic acids is 1. The van der Waals surface area contributed by atoms with Crippen LogP contribution in [0, 0.1) is 9.39 Å². The van der Waals surface area contributed by atoms with Gasteiger partial charge in [-0.1, -0.05) is 6.07 Å². The van der Waals surface area contributed by atoms with Gasteiger partial charge in [0.2, 0.25) is 0 Å². The summed E-state index contributed by atoms with van der Waals surface area (Å²) in [4.78, 5) is 11.7. The van der Waals surface area contributed by atoms with Crippen molar-refractivity contribution in [3.05, 3.63) is 61.4 Å². The van der Waals surface area contributed by atoms with E-state index in [4.69, 9.17) is 0 Å². The summed E-state index contributed by atoms with van der Waals surface area (Å²) in [5.41, 5.74) is 3.20. The molecule has 0 atom stereocenters. The molecular formula is C14H9BrFIN2O2. The van der Waals surface area contributed by atoms with Crippen LogP contribution in [-0.2, 0) is 0 Å². The average Bonchev–Trinajstić information content (AvgIpc) is 2.44. The number of hydrazone groups is 1. The van der Waals surface area contributed by atoms with Crippen molar-refractivity contribution in [2.45, 2.75) is 0 Å². The van der Waals surface area contributed by atoms with Gasteiger partial charge in [0.1, 0.15) is 11.6 Å². The molecule has 0 bridgehead atoms. The Labute approximate surface area is 142 Å². The first-order valence-electron chi connectivity index (χ1n) is 5.74. The number of aromatic hydroxyl groups is 1. The lowest BCUT2D eigenvalue weighted by molar-refractivity contribution is 0.0954. The first kappa shape index (κ1) is 15.9. The molecule has 0 fully saturated rings. The zero-order chi connectivity index (χ0) is 15.4. The van der Waals surface area contributed by atoms with Crippen LogP contribution in [0.2, 0.25) is 0 Å². The summed E-state index contributed by atoms with van der Waals surface area (Å²) in [6, 6.07) is 8.70. The monoisotopic (exact) mass is 462 g/mol. The summed E-state index contributed by atoms with van der Waals surface area (Å²) in [6.07, 6.45) is 1.43. The number of phenols is 1. The highest BCUT2D eigenvalue weighted by molar-refractivity contribution is 14.1. The van der Waals surface area contributed by atoms with Gasteiger partial charge < -0.3 is 5.11 Å². The minimum absolute atomic E-state index is 0.150. The second-order valence-electron chi connectivity index (χ2n) is 4.04. The van der Waals surface area contributed by atoms with Crippen molar-refractivity contribution in [3.63, 3.8) is 0 Å². The van der Waals surface area contributed by atoms with Gasteiger partial charge in [-0.25, -0.2) is 9.82 Å². The number of amides is 1. The Bertz CT molecular complexity index is 699. The van der Waals surface area contributed by atoms with E-state index in [9.17, 15) is 14.3 Å². The van der Waals surface area contributed by atoms with Crippen LogP contribution in [0.3, 0.4) is 0 Å². The predicted molar refractivity (Wildman–Crippen MR) is 90.0 cm³/mol. The van der Waals surface area contributed by atoms with Crippen molar-refractivity contribution >= 4 is 50.6 Å². The van der Waals surface area contributed by atoms with E-state index in [-0.39, 0.29) is 11.3 Å². The molecule has 1 amide bonds. The molecule has 0 saturated carbocycles. The lowest BCUT2D eigenvalue weighted by Gasteiger charge is -2.02. The minimum Gasteiger partial charge on any atom is -0.506 e. The molecule has 21 heavy (non-hydrogen) atoms. The van der Waals surface area contributed by atoms with Crippen LogP contribution in [-0.4, -0.2) is 17.2 Å². The summed E-state index contributed by atoms with van der Waals surface area (Å²) in [5.74, 6) is -0.835. The lowest BCUT2D eigenvalue weighted by Crippen LogP contribution is -2.17. The number of halogens is 3. The molecule has 0 aliphatic rings. The van der Waals surface area contributed by atoms with E-state index >= 15 is 0 Å². The number of nitrogens with zero attached hydrogens (tertiary/aromatic N) is 1. The molecule has 4 nitrogen and oxygen atoms in total. The van der Waals surface area contributed by atoms with E-state index in [0.717, 1.165) is 6.07 Å². The number of hydrogen-bond donors (Lipinski definition) is 2. The van der Waals surface area contributed by atoms with Crippen molar-refractivity contribution in [1.29, 1.82) is 0 Å². The molecule has 2 aromatic carbocycles. The van der Waals surface area contributed by atoms with E-state index < -0.39 is 11.7 Å². The standard InChI is InChI=1S/C14H9BrFIN2O2/c15-11-4-8(5-12(17)13(11)20)7-18-19-14(21)9-2-1-3-10(16)6-9/h1-7,20H,(H,19,21)/b18-7-. The molecule has 0 radical (unpaired) electrons. The van der Waals surface area contributed by atoms with Crippen molar-refractivity contribution in [2.24, 2.45) is 5.10 Å². The fraction of sp³-hybridized carbons (Fsp3) is 0. The van der Waals surface area contributed by atoms with E-state index in [1.807, 2.05) is 22.6 Å². The first-order chi connectivity index (χ1) is 9.97. The molecule has 2 rings (SSSR count). The second-order valence-corrected chi connectivity index (χ2v) is 6.06. The Morgan fingerprint density at radius 2 is 2.14 bits per heavy atom. The van der Waals surface area contributed by atoms with Gasteiger partial charge in [-0.2, -0.15) is 5.10 Å². The van der Waals surface area contributed by atoms with Gasteiger partial charge in [0.25, 0.3) is 5.91 Å². The molecule has 108 valence electrons. The largest absolute Gasteiger partial charge is 0.506 e. The first-order valence-corrected chi connectivity index (χ1v) is 7.61. The SMILES string of the molecule is O=C(N/N=C\c1cc(Br)c(O)c(I)c1)c1cccc(F)c1. The molecule has 0 aromatic heterocycles.